The number of anilines is 2. The summed E-state index contributed by atoms with van der Waals surface area (Å²) in [5.74, 6) is 0. The van der Waals surface area contributed by atoms with Crippen molar-refractivity contribution in [3.05, 3.63) is 54.1 Å². The van der Waals surface area contributed by atoms with Gasteiger partial charge in [-0.1, -0.05) is 12.1 Å². The Kier molecular flexibility index (Phi) is 4.90. The van der Waals surface area contributed by atoms with Gasteiger partial charge < -0.3 is 16.4 Å². The molecule has 0 spiro atoms. The number of primary amides is 1. The van der Waals surface area contributed by atoms with Crippen molar-refractivity contribution in [2.75, 3.05) is 16.9 Å². The largest absolute Gasteiger partial charge is 0.381 e. The first-order valence-electron chi connectivity index (χ1n) is 6.21. The maximum Gasteiger partial charge on any atom is 0.316 e. The molecule has 5 heteroatoms. The van der Waals surface area contributed by atoms with Crippen molar-refractivity contribution < 1.29 is 4.79 Å². The van der Waals surface area contributed by atoms with Crippen molar-refractivity contribution in [3.8, 4) is 0 Å². The first kappa shape index (κ1) is 14.3. The van der Waals surface area contributed by atoms with Crippen LogP contribution < -0.4 is 16.4 Å². The second-order valence-electron chi connectivity index (χ2n) is 4.27. The van der Waals surface area contributed by atoms with Crippen LogP contribution >= 0.6 is 11.8 Å². The number of hydrogen-bond donors (Lipinski definition) is 3. The molecular formula is C15H17N3OS. The van der Waals surface area contributed by atoms with Crippen LogP contribution in [0.3, 0.4) is 0 Å². The number of carbonyl (C=O) groups excluding carboxylic acids is 1. The fraction of sp³-hybridized carbons (Fsp3) is 0.133. The molecule has 20 heavy (non-hydrogen) atoms. The zero-order valence-electron chi connectivity index (χ0n) is 11.2. The summed E-state index contributed by atoms with van der Waals surface area (Å²) in [4.78, 5) is 12.0. The van der Waals surface area contributed by atoms with E-state index in [4.69, 9.17) is 5.73 Å². The summed E-state index contributed by atoms with van der Waals surface area (Å²) >= 11 is 1.73. The number of nitrogens with two attached hydrogens (primary N) is 1. The molecule has 0 aliphatic heterocycles. The Morgan fingerprint density at radius 1 is 1.05 bits per heavy atom. The van der Waals surface area contributed by atoms with Crippen LogP contribution in [0.25, 0.3) is 0 Å². The third kappa shape index (κ3) is 4.20. The van der Waals surface area contributed by atoms with Gasteiger partial charge in [0.05, 0.1) is 0 Å². The average molecular weight is 287 g/mol. The van der Waals surface area contributed by atoms with Crippen LogP contribution in [0, 0.1) is 0 Å². The highest BCUT2D eigenvalue weighted by atomic mass is 32.2. The maximum atomic E-state index is 10.7. The van der Waals surface area contributed by atoms with Crippen LogP contribution in [0.1, 0.15) is 5.56 Å². The van der Waals surface area contributed by atoms with Gasteiger partial charge in [-0.15, -0.1) is 11.8 Å². The Labute approximate surface area is 122 Å². The molecule has 0 saturated heterocycles. The topological polar surface area (TPSA) is 67.2 Å². The van der Waals surface area contributed by atoms with E-state index in [1.165, 1.54) is 10.5 Å². The third-order valence-electron chi connectivity index (χ3n) is 2.81. The highest BCUT2D eigenvalue weighted by Gasteiger charge is 1.98. The summed E-state index contributed by atoms with van der Waals surface area (Å²) in [5.41, 5.74) is 7.96. The number of hydrogen-bond acceptors (Lipinski definition) is 3. The van der Waals surface area contributed by atoms with E-state index < -0.39 is 6.03 Å². The molecule has 0 fully saturated rings. The Bertz CT molecular complexity index is 567. The summed E-state index contributed by atoms with van der Waals surface area (Å²) in [6, 6.07) is 15.3. The second kappa shape index (κ2) is 6.86. The summed E-state index contributed by atoms with van der Waals surface area (Å²) < 4.78 is 0. The Hall–Kier alpha value is -2.14. The average Bonchev–Trinajstić information content (AvgIpc) is 2.46. The fourth-order valence-corrected chi connectivity index (χ4v) is 2.17. The van der Waals surface area contributed by atoms with Crippen molar-refractivity contribution in [2.45, 2.75) is 11.4 Å². The van der Waals surface area contributed by atoms with Crippen LogP contribution in [0.15, 0.2) is 53.4 Å². The molecule has 0 saturated carbocycles. The lowest BCUT2D eigenvalue weighted by molar-refractivity contribution is 0.259. The quantitative estimate of drug-likeness (QED) is 0.737. The molecule has 104 valence electrons. The van der Waals surface area contributed by atoms with E-state index in [1.807, 2.05) is 24.3 Å². The maximum absolute atomic E-state index is 10.7. The standard InChI is InChI=1S/C15H17N3OS/c1-20-14-8-2-11(3-9-14)10-17-12-4-6-13(7-5-12)18-15(16)19/h2-9,17H,10H2,1H3,(H3,16,18,19). The van der Waals surface area contributed by atoms with Crippen molar-refractivity contribution in [1.82, 2.24) is 0 Å². The van der Waals surface area contributed by atoms with Gasteiger partial charge in [-0.05, 0) is 48.2 Å². The molecular weight excluding hydrogens is 270 g/mol. The number of benzene rings is 2. The van der Waals surface area contributed by atoms with E-state index in [-0.39, 0.29) is 0 Å². The molecule has 0 aliphatic rings. The SMILES string of the molecule is CSc1ccc(CNc2ccc(NC(N)=O)cc2)cc1. The van der Waals surface area contributed by atoms with Gasteiger partial charge in [0, 0.05) is 22.8 Å². The molecule has 2 aromatic carbocycles. The van der Waals surface area contributed by atoms with Crippen molar-refractivity contribution in [3.63, 3.8) is 0 Å². The highest BCUT2D eigenvalue weighted by molar-refractivity contribution is 7.98. The monoisotopic (exact) mass is 287 g/mol. The zero-order chi connectivity index (χ0) is 14.4. The van der Waals surface area contributed by atoms with Gasteiger partial charge in [-0.2, -0.15) is 0 Å². The Morgan fingerprint density at radius 2 is 1.65 bits per heavy atom. The number of nitrogens with one attached hydrogen (secondary N) is 2. The minimum atomic E-state index is -0.556. The summed E-state index contributed by atoms with van der Waals surface area (Å²) in [6.45, 7) is 0.761. The number of thioether (sulfide) groups is 1. The van der Waals surface area contributed by atoms with Gasteiger partial charge in [-0.25, -0.2) is 4.79 Å². The summed E-state index contributed by atoms with van der Waals surface area (Å²) in [5, 5.41) is 5.86. The van der Waals surface area contributed by atoms with E-state index in [0.29, 0.717) is 5.69 Å². The lowest BCUT2D eigenvalue weighted by Crippen LogP contribution is -2.19. The second-order valence-corrected chi connectivity index (χ2v) is 5.15. The van der Waals surface area contributed by atoms with Gasteiger partial charge in [0.1, 0.15) is 0 Å². The van der Waals surface area contributed by atoms with Crippen LogP contribution in [0.4, 0.5) is 16.2 Å². The van der Waals surface area contributed by atoms with E-state index in [2.05, 4.69) is 41.2 Å². The summed E-state index contributed by atoms with van der Waals surface area (Å²) in [6.07, 6.45) is 2.06. The molecule has 4 nitrogen and oxygen atoms in total. The number of carbonyl (C=O) groups is 1. The van der Waals surface area contributed by atoms with Gasteiger partial charge in [0.25, 0.3) is 0 Å². The van der Waals surface area contributed by atoms with E-state index in [1.54, 1.807) is 11.8 Å². The van der Waals surface area contributed by atoms with Crippen LogP contribution in [-0.2, 0) is 6.54 Å². The predicted octanol–water partition coefficient (Wildman–Crippen LogP) is 3.51. The first-order valence-corrected chi connectivity index (χ1v) is 7.43. The van der Waals surface area contributed by atoms with Crippen molar-refractivity contribution in [2.24, 2.45) is 5.73 Å². The smallest absolute Gasteiger partial charge is 0.316 e. The molecule has 0 aromatic heterocycles. The van der Waals surface area contributed by atoms with Crippen molar-refractivity contribution in [1.29, 1.82) is 0 Å². The number of amides is 2. The van der Waals surface area contributed by atoms with E-state index in [9.17, 15) is 4.79 Å². The molecule has 2 amide bonds. The Morgan fingerprint density at radius 3 is 2.20 bits per heavy atom. The van der Waals surface area contributed by atoms with Gasteiger partial charge in [-0.3, -0.25) is 0 Å². The molecule has 4 N–H and O–H groups in total. The Balaban J connectivity index is 1.91. The van der Waals surface area contributed by atoms with E-state index in [0.717, 1.165) is 12.2 Å². The lowest BCUT2D eigenvalue weighted by Gasteiger charge is -2.08. The zero-order valence-corrected chi connectivity index (χ0v) is 12.0. The molecule has 0 aliphatic carbocycles. The highest BCUT2D eigenvalue weighted by Crippen LogP contribution is 2.17. The predicted molar refractivity (Wildman–Crippen MR) is 85.2 cm³/mol. The minimum Gasteiger partial charge on any atom is -0.381 e. The normalized spacial score (nSPS) is 10.1. The van der Waals surface area contributed by atoms with E-state index >= 15 is 0 Å². The fourth-order valence-electron chi connectivity index (χ4n) is 1.76. The van der Waals surface area contributed by atoms with Crippen LogP contribution in [0.2, 0.25) is 0 Å². The first-order chi connectivity index (χ1) is 9.67. The van der Waals surface area contributed by atoms with Crippen LogP contribution in [0.5, 0.6) is 0 Å². The van der Waals surface area contributed by atoms with Crippen molar-refractivity contribution >= 4 is 29.2 Å². The summed E-state index contributed by atoms with van der Waals surface area (Å²) in [7, 11) is 0. The van der Waals surface area contributed by atoms with Gasteiger partial charge >= 0.3 is 6.03 Å². The molecule has 0 heterocycles. The molecule has 0 unspecified atom stereocenters. The lowest BCUT2D eigenvalue weighted by atomic mass is 10.2. The minimum absolute atomic E-state index is 0.556. The molecule has 0 radical (unpaired) electrons. The molecule has 2 aromatic rings. The van der Waals surface area contributed by atoms with Crippen LogP contribution in [-0.4, -0.2) is 12.3 Å². The third-order valence-corrected chi connectivity index (χ3v) is 3.55. The number of rotatable bonds is 5. The molecule has 0 atom stereocenters. The number of urea groups is 1. The molecule has 2 rings (SSSR count). The molecule has 0 bridgehead atoms. The van der Waals surface area contributed by atoms with Gasteiger partial charge in [0.15, 0.2) is 0 Å². The van der Waals surface area contributed by atoms with Gasteiger partial charge in [0.2, 0.25) is 0 Å².